The fourth-order valence-electron chi connectivity index (χ4n) is 10.9. The second kappa shape index (κ2) is 7.48. The third-order valence-electron chi connectivity index (χ3n) is 13.4. The van der Waals surface area contributed by atoms with E-state index in [1.54, 1.807) is 0 Å². The molecular weight excluding hydrogens is 376 g/mol. The van der Waals surface area contributed by atoms with Crippen molar-refractivity contribution in [3.63, 3.8) is 0 Å². The molecule has 12 unspecified atom stereocenters. The van der Waals surface area contributed by atoms with Gasteiger partial charge in [-0.05, 0) is 134 Å². The molecule has 0 radical (unpaired) electrons. The van der Waals surface area contributed by atoms with Crippen LogP contribution in [-0.2, 0) is 0 Å². The first-order valence-corrected chi connectivity index (χ1v) is 14.2. The Kier molecular flexibility index (Phi) is 5.49. The smallest absolute Gasteiger partial charge is 0.0543 e. The molecule has 178 valence electrons. The fraction of sp³-hybridized carbons (Fsp3) is 1.00. The minimum Gasteiger partial charge on any atom is -0.393 e. The summed E-state index contributed by atoms with van der Waals surface area (Å²) in [5, 5.41) is 10.3. The van der Waals surface area contributed by atoms with Crippen molar-refractivity contribution in [2.45, 2.75) is 119 Å². The van der Waals surface area contributed by atoms with Crippen LogP contribution in [0.5, 0.6) is 0 Å². The molecule has 0 aromatic rings. The highest BCUT2D eigenvalue weighted by atomic mass is 16.3. The number of aliphatic hydroxyl groups is 1. The van der Waals surface area contributed by atoms with Gasteiger partial charge in [-0.15, -0.1) is 0 Å². The van der Waals surface area contributed by atoms with E-state index >= 15 is 0 Å². The Labute approximate surface area is 193 Å². The van der Waals surface area contributed by atoms with Gasteiger partial charge in [0.2, 0.25) is 0 Å². The predicted molar refractivity (Wildman–Crippen MR) is 131 cm³/mol. The number of hydrogen-bond donors (Lipinski definition) is 1. The van der Waals surface area contributed by atoms with Gasteiger partial charge >= 0.3 is 0 Å². The van der Waals surface area contributed by atoms with Crippen LogP contribution in [0.1, 0.15) is 113 Å². The van der Waals surface area contributed by atoms with Crippen molar-refractivity contribution < 1.29 is 5.11 Å². The van der Waals surface area contributed by atoms with E-state index in [1.165, 1.54) is 51.4 Å². The first-order valence-electron chi connectivity index (χ1n) is 14.2. The zero-order valence-corrected chi connectivity index (χ0v) is 21.8. The molecule has 0 amide bonds. The Morgan fingerprint density at radius 2 is 1.42 bits per heavy atom. The molecule has 0 heterocycles. The van der Waals surface area contributed by atoms with Crippen LogP contribution in [0.15, 0.2) is 0 Å². The number of hydrogen-bond acceptors (Lipinski definition) is 1. The van der Waals surface area contributed by atoms with Crippen molar-refractivity contribution in [2.75, 3.05) is 0 Å². The molecule has 1 nitrogen and oxygen atoms in total. The standard InChI is InChI=1S/C30H52O/c1-18(2)20(4)30(7)17-27(30)19(3)24-10-11-25-23-9-8-21-16-22(31)12-14-28(21,5)26(23)13-15-29(24,25)6/h18-27,31H,8-17H2,1-7H3. The van der Waals surface area contributed by atoms with Gasteiger partial charge in [-0.2, -0.15) is 0 Å². The van der Waals surface area contributed by atoms with Crippen molar-refractivity contribution in [2.24, 2.45) is 69.5 Å². The molecule has 0 aromatic heterocycles. The normalized spacial score (nSPS) is 55.8. The molecule has 1 N–H and O–H groups in total. The van der Waals surface area contributed by atoms with E-state index in [9.17, 15) is 5.11 Å². The molecule has 5 rings (SSSR count). The van der Waals surface area contributed by atoms with Gasteiger partial charge in [0.25, 0.3) is 0 Å². The molecule has 5 saturated carbocycles. The number of fused-ring (bicyclic) bond motifs is 5. The summed E-state index contributed by atoms with van der Waals surface area (Å²) in [5.74, 6) is 8.21. The van der Waals surface area contributed by atoms with Gasteiger partial charge in [0.05, 0.1) is 6.10 Å². The largest absolute Gasteiger partial charge is 0.393 e. The topological polar surface area (TPSA) is 20.2 Å². The summed E-state index contributed by atoms with van der Waals surface area (Å²) in [6, 6.07) is 0. The molecule has 0 bridgehead atoms. The average Bonchev–Trinajstić information content (AvgIpc) is 3.29. The Morgan fingerprint density at radius 3 is 2.13 bits per heavy atom. The third kappa shape index (κ3) is 3.24. The molecular formula is C30H52O. The molecule has 5 fully saturated rings. The lowest BCUT2D eigenvalue weighted by molar-refractivity contribution is -0.129. The van der Waals surface area contributed by atoms with Crippen LogP contribution in [0, 0.1) is 69.5 Å². The maximum absolute atomic E-state index is 10.3. The van der Waals surface area contributed by atoms with Crippen molar-refractivity contribution in [1.29, 1.82) is 0 Å². The second-order valence-electron chi connectivity index (χ2n) is 14.5. The van der Waals surface area contributed by atoms with Gasteiger partial charge < -0.3 is 5.11 Å². The molecule has 0 aromatic carbocycles. The monoisotopic (exact) mass is 428 g/mol. The highest BCUT2D eigenvalue weighted by Gasteiger charge is 2.64. The average molecular weight is 429 g/mol. The molecule has 0 saturated heterocycles. The molecule has 0 aliphatic heterocycles. The molecule has 5 aliphatic carbocycles. The van der Waals surface area contributed by atoms with E-state index in [1.807, 2.05) is 0 Å². The molecule has 1 heteroatoms. The zero-order chi connectivity index (χ0) is 22.3. The van der Waals surface area contributed by atoms with Gasteiger partial charge in [0.1, 0.15) is 0 Å². The van der Waals surface area contributed by atoms with Crippen molar-refractivity contribution in [3.8, 4) is 0 Å². The number of aliphatic hydroxyl groups excluding tert-OH is 1. The fourth-order valence-corrected chi connectivity index (χ4v) is 10.9. The summed E-state index contributed by atoms with van der Waals surface area (Å²) in [6.45, 7) is 18.1. The van der Waals surface area contributed by atoms with Gasteiger partial charge in [-0.1, -0.05) is 48.5 Å². The van der Waals surface area contributed by atoms with Gasteiger partial charge in [0, 0.05) is 0 Å². The molecule has 0 spiro atoms. The predicted octanol–water partition coefficient (Wildman–Crippen LogP) is 7.96. The summed E-state index contributed by atoms with van der Waals surface area (Å²) in [5.41, 5.74) is 1.73. The second-order valence-corrected chi connectivity index (χ2v) is 14.5. The summed E-state index contributed by atoms with van der Waals surface area (Å²) in [4.78, 5) is 0. The molecule has 12 atom stereocenters. The van der Waals surface area contributed by atoms with Crippen LogP contribution in [0.25, 0.3) is 0 Å². The summed E-state index contributed by atoms with van der Waals surface area (Å²) in [6.07, 6.45) is 13.8. The molecule has 31 heavy (non-hydrogen) atoms. The Balaban J connectivity index is 1.33. The van der Waals surface area contributed by atoms with Crippen molar-refractivity contribution >= 4 is 0 Å². The van der Waals surface area contributed by atoms with Crippen LogP contribution in [0.3, 0.4) is 0 Å². The summed E-state index contributed by atoms with van der Waals surface area (Å²) >= 11 is 0. The lowest BCUT2D eigenvalue weighted by Gasteiger charge is -2.61. The van der Waals surface area contributed by atoms with Crippen LogP contribution in [-0.4, -0.2) is 11.2 Å². The van der Waals surface area contributed by atoms with Crippen LogP contribution >= 0.6 is 0 Å². The van der Waals surface area contributed by atoms with E-state index < -0.39 is 0 Å². The van der Waals surface area contributed by atoms with E-state index in [2.05, 4.69) is 48.5 Å². The highest BCUT2D eigenvalue weighted by molar-refractivity contribution is 5.13. The lowest BCUT2D eigenvalue weighted by Crippen LogP contribution is -2.54. The van der Waals surface area contributed by atoms with Gasteiger partial charge in [-0.3, -0.25) is 0 Å². The zero-order valence-electron chi connectivity index (χ0n) is 21.8. The Bertz CT molecular complexity index is 684. The minimum atomic E-state index is -0.0127. The maximum Gasteiger partial charge on any atom is 0.0543 e. The Morgan fingerprint density at radius 1 is 0.742 bits per heavy atom. The van der Waals surface area contributed by atoms with E-state index in [0.29, 0.717) is 16.2 Å². The minimum absolute atomic E-state index is 0.0127. The Hall–Kier alpha value is -0.0400. The first kappa shape index (κ1) is 22.7. The van der Waals surface area contributed by atoms with Crippen LogP contribution in [0.4, 0.5) is 0 Å². The van der Waals surface area contributed by atoms with Gasteiger partial charge in [0.15, 0.2) is 0 Å². The summed E-state index contributed by atoms with van der Waals surface area (Å²) in [7, 11) is 0. The van der Waals surface area contributed by atoms with E-state index in [4.69, 9.17) is 0 Å². The third-order valence-corrected chi connectivity index (χ3v) is 13.4. The maximum atomic E-state index is 10.3. The highest BCUT2D eigenvalue weighted by Crippen LogP contribution is 2.71. The first-order chi connectivity index (χ1) is 14.5. The lowest BCUT2D eigenvalue weighted by atomic mass is 9.44. The van der Waals surface area contributed by atoms with E-state index in [-0.39, 0.29) is 6.10 Å². The van der Waals surface area contributed by atoms with Crippen molar-refractivity contribution in [3.05, 3.63) is 0 Å². The van der Waals surface area contributed by atoms with E-state index in [0.717, 1.165) is 66.1 Å². The van der Waals surface area contributed by atoms with Crippen molar-refractivity contribution in [1.82, 2.24) is 0 Å². The quantitative estimate of drug-likeness (QED) is 0.481. The van der Waals surface area contributed by atoms with Gasteiger partial charge in [-0.25, -0.2) is 0 Å². The number of rotatable bonds is 4. The van der Waals surface area contributed by atoms with Crippen LogP contribution < -0.4 is 0 Å². The SMILES string of the molecule is CC(C)C(C)C1(C)CC1C(C)C1CCC2C3CCC4CC(O)CCC4(C)C3CCC12C. The van der Waals surface area contributed by atoms with Crippen LogP contribution in [0.2, 0.25) is 0 Å². The molecule has 5 aliphatic rings. The summed E-state index contributed by atoms with van der Waals surface area (Å²) < 4.78 is 0.